The molecule has 0 saturated heterocycles. The molecular weight excluding hydrogens is 622 g/mol. The minimum Gasteiger partial charge on any atom is -0.354 e. The summed E-state index contributed by atoms with van der Waals surface area (Å²) in [7, 11) is 0. The Morgan fingerprint density at radius 2 is 0.826 bits per heavy atom. The molecule has 0 aliphatic carbocycles. The lowest BCUT2D eigenvalue weighted by atomic mass is 9.81. The molecule has 6 rings (SSSR count). The SMILES string of the molecule is CC(C)(C)c1cc(Br)cc(Nc2c(-c3cccc(-c4ccccc4)c3)cc(C(C)(C)C)cc2-c2cccc(-c3ccccc3)c2)c1. The van der Waals surface area contributed by atoms with E-state index in [0.29, 0.717) is 0 Å². The summed E-state index contributed by atoms with van der Waals surface area (Å²) in [6.45, 7) is 13.7. The van der Waals surface area contributed by atoms with Gasteiger partial charge in [0.2, 0.25) is 0 Å². The topological polar surface area (TPSA) is 12.0 Å². The quantitative estimate of drug-likeness (QED) is 0.187. The highest BCUT2D eigenvalue weighted by Gasteiger charge is 2.22. The number of rotatable bonds is 6. The Hall–Kier alpha value is -4.40. The predicted molar refractivity (Wildman–Crippen MR) is 203 cm³/mol. The second-order valence-corrected chi connectivity index (χ2v) is 15.1. The molecule has 0 saturated carbocycles. The van der Waals surface area contributed by atoms with Crippen LogP contribution in [0.1, 0.15) is 52.7 Å². The molecule has 0 unspecified atom stereocenters. The predicted octanol–water partition coefficient (Wildman–Crippen LogP) is 13.5. The van der Waals surface area contributed by atoms with Crippen molar-refractivity contribution in [1.29, 1.82) is 0 Å². The number of halogens is 1. The molecule has 0 atom stereocenters. The molecule has 0 fully saturated rings. The Labute approximate surface area is 283 Å². The molecule has 0 amide bonds. The van der Waals surface area contributed by atoms with Crippen molar-refractivity contribution in [2.75, 3.05) is 5.32 Å². The molecule has 0 radical (unpaired) electrons. The fraction of sp³-hybridized carbons (Fsp3) is 0.182. The van der Waals surface area contributed by atoms with Gasteiger partial charge in [0, 0.05) is 21.3 Å². The summed E-state index contributed by atoms with van der Waals surface area (Å²) >= 11 is 3.81. The van der Waals surface area contributed by atoms with E-state index in [2.05, 4.69) is 202 Å². The standard InChI is InChI=1S/C44H42BrN/c1-43(2,3)36-25-38(45)29-39(26-36)46-42-40(34-21-13-19-32(23-34)30-15-9-7-10-16-30)27-37(44(4,5)6)28-41(42)35-22-14-20-33(24-35)31-17-11-8-12-18-31/h7-29,46H,1-6H3. The van der Waals surface area contributed by atoms with E-state index in [-0.39, 0.29) is 10.8 Å². The summed E-state index contributed by atoms with van der Waals surface area (Å²) in [5, 5.41) is 3.96. The molecule has 6 aromatic rings. The highest BCUT2D eigenvalue weighted by atomic mass is 79.9. The minimum absolute atomic E-state index is 0.00991. The van der Waals surface area contributed by atoms with Gasteiger partial charge in [-0.25, -0.2) is 0 Å². The van der Waals surface area contributed by atoms with Crippen LogP contribution in [-0.4, -0.2) is 0 Å². The van der Waals surface area contributed by atoms with Gasteiger partial charge < -0.3 is 5.32 Å². The first-order valence-electron chi connectivity index (χ1n) is 16.0. The van der Waals surface area contributed by atoms with Crippen LogP contribution in [0, 0.1) is 0 Å². The molecule has 6 aromatic carbocycles. The van der Waals surface area contributed by atoms with Gasteiger partial charge in [0.05, 0.1) is 5.69 Å². The zero-order chi connectivity index (χ0) is 32.5. The first kappa shape index (κ1) is 31.6. The van der Waals surface area contributed by atoms with Crippen molar-refractivity contribution < 1.29 is 0 Å². The summed E-state index contributed by atoms with van der Waals surface area (Å²) in [5.74, 6) is 0. The lowest BCUT2D eigenvalue weighted by Gasteiger charge is -2.26. The summed E-state index contributed by atoms with van der Waals surface area (Å²) in [6, 6.07) is 50.7. The lowest BCUT2D eigenvalue weighted by molar-refractivity contribution is 0.590. The van der Waals surface area contributed by atoms with Gasteiger partial charge in [-0.3, -0.25) is 0 Å². The highest BCUT2D eigenvalue weighted by molar-refractivity contribution is 9.10. The molecule has 2 heteroatoms. The van der Waals surface area contributed by atoms with E-state index >= 15 is 0 Å². The van der Waals surface area contributed by atoms with E-state index in [1.54, 1.807) is 0 Å². The van der Waals surface area contributed by atoms with Crippen molar-refractivity contribution in [3.63, 3.8) is 0 Å². The first-order chi connectivity index (χ1) is 22.0. The van der Waals surface area contributed by atoms with Crippen molar-refractivity contribution in [2.24, 2.45) is 0 Å². The monoisotopic (exact) mass is 663 g/mol. The Morgan fingerprint density at radius 3 is 1.28 bits per heavy atom. The van der Waals surface area contributed by atoms with Gasteiger partial charge in [-0.1, -0.05) is 155 Å². The van der Waals surface area contributed by atoms with Crippen molar-refractivity contribution in [3.05, 3.63) is 155 Å². The smallest absolute Gasteiger partial charge is 0.0543 e. The largest absolute Gasteiger partial charge is 0.354 e. The molecule has 46 heavy (non-hydrogen) atoms. The van der Waals surface area contributed by atoms with Crippen LogP contribution in [0.5, 0.6) is 0 Å². The third-order valence-corrected chi connectivity index (χ3v) is 9.06. The van der Waals surface area contributed by atoms with Gasteiger partial charge in [-0.05, 0) is 97.8 Å². The maximum absolute atomic E-state index is 3.96. The summed E-state index contributed by atoms with van der Waals surface area (Å²) in [4.78, 5) is 0. The van der Waals surface area contributed by atoms with Crippen molar-refractivity contribution in [2.45, 2.75) is 52.4 Å². The third-order valence-electron chi connectivity index (χ3n) is 8.60. The van der Waals surface area contributed by atoms with Crippen LogP contribution in [-0.2, 0) is 10.8 Å². The van der Waals surface area contributed by atoms with Gasteiger partial charge >= 0.3 is 0 Å². The molecule has 0 spiro atoms. The fourth-order valence-electron chi connectivity index (χ4n) is 5.90. The molecular formula is C44H42BrN. The Balaban J connectivity index is 1.62. The summed E-state index contributed by atoms with van der Waals surface area (Å²) in [5.41, 5.74) is 14.2. The zero-order valence-electron chi connectivity index (χ0n) is 27.7. The second-order valence-electron chi connectivity index (χ2n) is 14.2. The number of anilines is 2. The maximum atomic E-state index is 3.96. The first-order valence-corrected chi connectivity index (χ1v) is 16.8. The number of hydrogen-bond donors (Lipinski definition) is 1. The van der Waals surface area contributed by atoms with Gasteiger partial charge in [0.1, 0.15) is 0 Å². The van der Waals surface area contributed by atoms with E-state index in [0.717, 1.165) is 15.8 Å². The van der Waals surface area contributed by atoms with Crippen LogP contribution in [0.4, 0.5) is 11.4 Å². The second kappa shape index (κ2) is 12.8. The summed E-state index contributed by atoms with van der Waals surface area (Å²) < 4.78 is 1.06. The Bertz CT molecular complexity index is 1870. The van der Waals surface area contributed by atoms with Gasteiger partial charge in [-0.15, -0.1) is 0 Å². The van der Waals surface area contributed by atoms with Gasteiger partial charge in [0.25, 0.3) is 0 Å². The summed E-state index contributed by atoms with van der Waals surface area (Å²) in [6.07, 6.45) is 0. The zero-order valence-corrected chi connectivity index (χ0v) is 29.2. The minimum atomic E-state index is -0.0503. The fourth-order valence-corrected chi connectivity index (χ4v) is 6.39. The van der Waals surface area contributed by atoms with Crippen LogP contribution < -0.4 is 5.32 Å². The average molecular weight is 665 g/mol. The molecule has 0 aliphatic rings. The van der Waals surface area contributed by atoms with E-state index in [1.165, 1.54) is 55.6 Å². The van der Waals surface area contributed by atoms with Crippen LogP contribution in [0.3, 0.4) is 0 Å². The van der Waals surface area contributed by atoms with E-state index < -0.39 is 0 Å². The lowest BCUT2D eigenvalue weighted by Crippen LogP contribution is -2.13. The Kier molecular flexibility index (Phi) is 8.77. The van der Waals surface area contributed by atoms with E-state index in [9.17, 15) is 0 Å². The average Bonchev–Trinajstić information content (AvgIpc) is 3.04. The van der Waals surface area contributed by atoms with Crippen LogP contribution >= 0.6 is 15.9 Å². The molecule has 230 valence electrons. The molecule has 0 heterocycles. The molecule has 0 aliphatic heterocycles. The highest BCUT2D eigenvalue weighted by Crippen LogP contribution is 2.44. The van der Waals surface area contributed by atoms with Crippen LogP contribution in [0.25, 0.3) is 44.5 Å². The molecule has 1 nitrogen and oxygen atoms in total. The van der Waals surface area contributed by atoms with Crippen molar-refractivity contribution in [3.8, 4) is 44.5 Å². The molecule has 0 bridgehead atoms. The van der Waals surface area contributed by atoms with Gasteiger partial charge in [0.15, 0.2) is 0 Å². The van der Waals surface area contributed by atoms with Crippen molar-refractivity contribution >= 4 is 27.3 Å². The van der Waals surface area contributed by atoms with Gasteiger partial charge in [-0.2, -0.15) is 0 Å². The van der Waals surface area contributed by atoms with Crippen LogP contribution in [0.2, 0.25) is 0 Å². The number of nitrogens with one attached hydrogen (secondary N) is 1. The number of benzene rings is 6. The maximum Gasteiger partial charge on any atom is 0.0543 e. The van der Waals surface area contributed by atoms with Crippen molar-refractivity contribution in [1.82, 2.24) is 0 Å². The van der Waals surface area contributed by atoms with Crippen LogP contribution in [0.15, 0.2) is 144 Å². The molecule has 1 N–H and O–H groups in total. The van der Waals surface area contributed by atoms with E-state index in [1.807, 2.05) is 0 Å². The Morgan fingerprint density at radius 1 is 0.413 bits per heavy atom. The molecule has 0 aromatic heterocycles. The third kappa shape index (κ3) is 7.03. The van der Waals surface area contributed by atoms with E-state index in [4.69, 9.17) is 0 Å². The normalized spacial score (nSPS) is 11.8. The number of hydrogen-bond acceptors (Lipinski definition) is 1.